The number of anilines is 1. The summed E-state index contributed by atoms with van der Waals surface area (Å²) in [5, 5.41) is 3.50. The standard InChI is InChI=1S/C25H33FN4O2/c1-5-20-12-27-16(2)13-29(20)14-22(31)30-15-25(3,4)23-21(30)11-18(24(32)28-23)10-17-6-8-19(26)9-7-17/h6-9,11,16,20,27H,5,10,12-15H2,1-4H3,(H,28,32). The number of pyridine rings is 1. The van der Waals surface area contributed by atoms with Crippen LogP contribution in [-0.2, 0) is 16.6 Å². The van der Waals surface area contributed by atoms with Crippen LogP contribution in [0.1, 0.15) is 50.9 Å². The van der Waals surface area contributed by atoms with Crippen molar-refractivity contribution < 1.29 is 9.18 Å². The topological polar surface area (TPSA) is 68.4 Å². The van der Waals surface area contributed by atoms with E-state index in [2.05, 4.69) is 42.9 Å². The highest BCUT2D eigenvalue weighted by Gasteiger charge is 2.40. The van der Waals surface area contributed by atoms with Gasteiger partial charge in [0.15, 0.2) is 0 Å². The monoisotopic (exact) mass is 440 g/mol. The van der Waals surface area contributed by atoms with Crippen LogP contribution < -0.4 is 15.8 Å². The molecule has 2 aromatic rings. The van der Waals surface area contributed by atoms with Crippen molar-refractivity contribution in [2.75, 3.05) is 31.1 Å². The Hall–Kier alpha value is -2.51. The maximum atomic E-state index is 13.5. The van der Waals surface area contributed by atoms with Gasteiger partial charge in [0.25, 0.3) is 5.56 Å². The van der Waals surface area contributed by atoms with Crippen LogP contribution in [-0.4, -0.2) is 54.1 Å². The van der Waals surface area contributed by atoms with E-state index in [-0.39, 0.29) is 22.7 Å². The van der Waals surface area contributed by atoms with Crippen LogP contribution in [0.25, 0.3) is 0 Å². The third kappa shape index (κ3) is 4.50. The molecule has 2 aliphatic rings. The van der Waals surface area contributed by atoms with Gasteiger partial charge in [-0.05, 0) is 37.1 Å². The maximum Gasteiger partial charge on any atom is 0.251 e. The van der Waals surface area contributed by atoms with E-state index in [1.807, 2.05) is 11.0 Å². The summed E-state index contributed by atoms with van der Waals surface area (Å²) in [6, 6.07) is 8.71. The smallest absolute Gasteiger partial charge is 0.251 e. The number of piperazine rings is 1. The van der Waals surface area contributed by atoms with E-state index < -0.39 is 0 Å². The fraction of sp³-hybridized carbons (Fsp3) is 0.520. The Labute approximate surface area is 188 Å². The molecule has 4 rings (SSSR count). The predicted octanol–water partition coefficient (Wildman–Crippen LogP) is 2.80. The van der Waals surface area contributed by atoms with Crippen LogP contribution >= 0.6 is 0 Å². The highest BCUT2D eigenvalue weighted by atomic mass is 19.1. The SMILES string of the molecule is CCC1CNC(C)CN1CC(=O)N1CC(C)(C)c2[nH]c(=O)c(Cc3ccc(F)cc3)cc21. The Kier molecular flexibility index (Phi) is 6.23. The Bertz CT molecular complexity index is 1050. The number of fused-ring (bicyclic) bond motifs is 1. The molecule has 1 amide bonds. The molecule has 0 aliphatic carbocycles. The summed E-state index contributed by atoms with van der Waals surface area (Å²) in [7, 11) is 0. The van der Waals surface area contributed by atoms with Crippen LogP contribution in [0, 0.1) is 5.82 Å². The molecule has 3 heterocycles. The first-order chi connectivity index (χ1) is 15.2. The number of halogens is 1. The first-order valence-corrected chi connectivity index (χ1v) is 11.5. The van der Waals surface area contributed by atoms with Gasteiger partial charge in [0, 0.05) is 54.8 Å². The average molecular weight is 441 g/mol. The van der Waals surface area contributed by atoms with Crippen molar-refractivity contribution in [3.8, 4) is 0 Å². The molecule has 32 heavy (non-hydrogen) atoms. The van der Waals surface area contributed by atoms with Gasteiger partial charge >= 0.3 is 0 Å². The van der Waals surface area contributed by atoms with Gasteiger partial charge in [0.2, 0.25) is 5.91 Å². The molecule has 1 fully saturated rings. The van der Waals surface area contributed by atoms with Gasteiger partial charge in [0.1, 0.15) is 5.82 Å². The average Bonchev–Trinajstić information content (AvgIpc) is 3.00. The molecule has 1 aromatic carbocycles. The fourth-order valence-corrected chi connectivity index (χ4v) is 4.91. The number of carbonyl (C=O) groups excluding carboxylic acids is 1. The minimum atomic E-state index is -0.334. The van der Waals surface area contributed by atoms with E-state index in [4.69, 9.17) is 0 Å². The second kappa shape index (κ2) is 8.79. The number of aromatic nitrogens is 1. The number of hydrogen-bond donors (Lipinski definition) is 2. The largest absolute Gasteiger partial charge is 0.323 e. The highest BCUT2D eigenvalue weighted by Crippen LogP contribution is 2.39. The molecule has 2 atom stereocenters. The van der Waals surface area contributed by atoms with Crippen molar-refractivity contribution in [1.82, 2.24) is 15.2 Å². The van der Waals surface area contributed by atoms with Crippen LogP contribution in [0.5, 0.6) is 0 Å². The first kappa shape index (κ1) is 22.7. The molecule has 0 radical (unpaired) electrons. The van der Waals surface area contributed by atoms with E-state index in [1.54, 1.807) is 12.1 Å². The Morgan fingerprint density at radius 3 is 2.66 bits per heavy atom. The van der Waals surface area contributed by atoms with E-state index in [0.717, 1.165) is 36.5 Å². The van der Waals surface area contributed by atoms with Crippen molar-refractivity contribution in [2.24, 2.45) is 0 Å². The Morgan fingerprint density at radius 1 is 1.25 bits per heavy atom. The van der Waals surface area contributed by atoms with Gasteiger partial charge in [-0.1, -0.05) is 32.9 Å². The summed E-state index contributed by atoms with van der Waals surface area (Å²) in [5.41, 5.74) is 2.53. The number of nitrogens with zero attached hydrogens (tertiary/aromatic N) is 2. The van der Waals surface area contributed by atoms with Crippen molar-refractivity contribution >= 4 is 11.6 Å². The number of H-pyrrole nitrogens is 1. The molecule has 7 heteroatoms. The van der Waals surface area contributed by atoms with Crippen molar-refractivity contribution in [3.63, 3.8) is 0 Å². The van der Waals surface area contributed by atoms with Gasteiger partial charge in [-0.3, -0.25) is 14.5 Å². The second-order valence-corrected chi connectivity index (χ2v) is 9.85. The molecule has 2 unspecified atom stereocenters. The maximum absolute atomic E-state index is 13.5. The van der Waals surface area contributed by atoms with E-state index in [0.29, 0.717) is 37.2 Å². The van der Waals surface area contributed by atoms with Crippen LogP contribution in [0.15, 0.2) is 35.1 Å². The molecular formula is C25H33FN4O2. The van der Waals surface area contributed by atoms with Crippen molar-refractivity contribution in [1.29, 1.82) is 0 Å². The lowest BCUT2D eigenvalue weighted by molar-refractivity contribution is -0.120. The lowest BCUT2D eigenvalue weighted by Crippen LogP contribution is -2.57. The molecular weight excluding hydrogens is 407 g/mol. The summed E-state index contributed by atoms with van der Waals surface area (Å²) in [5.74, 6) is -0.244. The van der Waals surface area contributed by atoms with Crippen LogP contribution in [0.3, 0.4) is 0 Å². The molecule has 2 aliphatic heterocycles. The number of nitrogens with one attached hydrogen (secondary N) is 2. The van der Waals surface area contributed by atoms with Gasteiger partial charge < -0.3 is 15.2 Å². The zero-order valence-corrected chi connectivity index (χ0v) is 19.4. The Morgan fingerprint density at radius 2 is 1.97 bits per heavy atom. The summed E-state index contributed by atoms with van der Waals surface area (Å²) >= 11 is 0. The summed E-state index contributed by atoms with van der Waals surface area (Å²) in [6.45, 7) is 11.0. The molecule has 6 nitrogen and oxygen atoms in total. The van der Waals surface area contributed by atoms with Crippen molar-refractivity contribution in [2.45, 2.75) is 58.0 Å². The number of benzene rings is 1. The van der Waals surface area contributed by atoms with Gasteiger partial charge in [-0.2, -0.15) is 0 Å². The lowest BCUT2D eigenvalue weighted by atomic mass is 9.91. The van der Waals surface area contributed by atoms with E-state index in [9.17, 15) is 14.0 Å². The second-order valence-electron chi connectivity index (χ2n) is 9.85. The molecule has 0 bridgehead atoms. The van der Waals surface area contributed by atoms with Gasteiger partial charge in [0.05, 0.1) is 12.2 Å². The zero-order valence-electron chi connectivity index (χ0n) is 19.4. The first-order valence-electron chi connectivity index (χ1n) is 11.5. The quantitative estimate of drug-likeness (QED) is 0.750. The van der Waals surface area contributed by atoms with Crippen LogP contribution in [0.2, 0.25) is 0 Å². The zero-order chi connectivity index (χ0) is 23.0. The van der Waals surface area contributed by atoms with E-state index in [1.165, 1.54) is 12.1 Å². The minimum absolute atomic E-state index is 0.0594. The number of aromatic amines is 1. The molecule has 0 spiro atoms. The summed E-state index contributed by atoms with van der Waals surface area (Å²) < 4.78 is 13.3. The number of amides is 1. The molecule has 172 valence electrons. The summed E-state index contributed by atoms with van der Waals surface area (Å²) in [4.78, 5) is 33.4. The normalized spacial score (nSPS) is 22.7. The highest BCUT2D eigenvalue weighted by molar-refractivity contribution is 5.97. The molecule has 1 saturated heterocycles. The number of carbonyl (C=O) groups is 1. The van der Waals surface area contributed by atoms with Crippen LogP contribution in [0.4, 0.5) is 10.1 Å². The minimum Gasteiger partial charge on any atom is -0.323 e. The van der Waals surface area contributed by atoms with Gasteiger partial charge in [-0.15, -0.1) is 0 Å². The fourth-order valence-electron chi connectivity index (χ4n) is 4.91. The van der Waals surface area contributed by atoms with E-state index >= 15 is 0 Å². The number of rotatable bonds is 5. The molecule has 0 saturated carbocycles. The van der Waals surface area contributed by atoms with Gasteiger partial charge in [-0.25, -0.2) is 4.39 Å². The Balaban J connectivity index is 1.61. The third-order valence-corrected chi connectivity index (χ3v) is 6.76. The number of hydrogen-bond acceptors (Lipinski definition) is 4. The van der Waals surface area contributed by atoms with Crippen molar-refractivity contribution in [3.05, 3.63) is 63.3 Å². The molecule has 1 aromatic heterocycles. The predicted molar refractivity (Wildman–Crippen MR) is 125 cm³/mol. The molecule has 2 N–H and O–H groups in total. The lowest BCUT2D eigenvalue weighted by Gasteiger charge is -2.39. The third-order valence-electron chi connectivity index (χ3n) is 6.76. The summed E-state index contributed by atoms with van der Waals surface area (Å²) in [6.07, 6.45) is 1.38.